The molecule has 2 rings (SSSR count). The molecule has 1 amide bonds. The number of rotatable bonds is 6. The number of carbonyl (C=O) groups is 1. The molecule has 5 nitrogen and oxygen atoms in total. The third-order valence-corrected chi connectivity index (χ3v) is 3.30. The van der Waals surface area contributed by atoms with Crippen LogP contribution < -0.4 is 15.5 Å². The Morgan fingerprint density at radius 2 is 1.95 bits per heavy atom. The number of anilines is 2. The van der Waals surface area contributed by atoms with Gasteiger partial charge in [0.1, 0.15) is 0 Å². The Morgan fingerprint density at radius 1 is 1.25 bits per heavy atom. The van der Waals surface area contributed by atoms with E-state index in [0.29, 0.717) is 19.5 Å². The maximum absolute atomic E-state index is 11.3. The lowest BCUT2D eigenvalue weighted by Gasteiger charge is -2.28. The fourth-order valence-corrected chi connectivity index (χ4v) is 2.22. The van der Waals surface area contributed by atoms with E-state index in [1.165, 1.54) is 5.69 Å². The predicted octanol–water partition coefficient (Wildman–Crippen LogP) is 1.46. The van der Waals surface area contributed by atoms with Crippen LogP contribution in [0, 0.1) is 0 Å². The van der Waals surface area contributed by atoms with E-state index in [1.807, 2.05) is 6.92 Å². The maximum atomic E-state index is 11.3. The first-order valence-electron chi connectivity index (χ1n) is 7.23. The highest BCUT2D eigenvalue weighted by molar-refractivity contribution is 5.76. The van der Waals surface area contributed by atoms with Crippen molar-refractivity contribution >= 4 is 17.3 Å². The smallest absolute Gasteiger partial charge is 0.221 e. The van der Waals surface area contributed by atoms with Gasteiger partial charge in [0.25, 0.3) is 0 Å². The molecule has 0 saturated carbocycles. The number of carbonyl (C=O) groups excluding carboxylic acids is 1. The SMILES string of the molecule is CCNC(=O)CCNc1ccc(N2CCOCC2)cc1. The van der Waals surface area contributed by atoms with E-state index in [2.05, 4.69) is 39.8 Å². The van der Waals surface area contributed by atoms with Crippen LogP contribution in [-0.2, 0) is 9.53 Å². The number of morpholine rings is 1. The first-order chi connectivity index (χ1) is 9.79. The fourth-order valence-electron chi connectivity index (χ4n) is 2.22. The number of nitrogens with one attached hydrogen (secondary N) is 2. The van der Waals surface area contributed by atoms with Crippen LogP contribution >= 0.6 is 0 Å². The second-order valence-electron chi connectivity index (χ2n) is 4.78. The summed E-state index contributed by atoms with van der Waals surface area (Å²) in [6.07, 6.45) is 0.499. The third-order valence-electron chi connectivity index (χ3n) is 3.30. The molecule has 0 bridgehead atoms. The number of amides is 1. The van der Waals surface area contributed by atoms with E-state index in [-0.39, 0.29) is 5.91 Å². The van der Waals surface area contributed by atoms with Crippen LogP contribution in [0.4, 0.5) is 11.4 Å². The molecule has 1 aliphatic heterocycles. The van der Waals surface area contributed by atoms with E-state index in [1.54, 1.807) is 0 Å². The zero-order valence-electron chi connectivity index (χ0n) is 12.0. The summed E-state index contributed by atoms with van der Waals surface area (Å²) in [6, 6.07) is 8.34. The Kier molecular flexibility index (Phi) is 5.68. The molecule has 20 heavy (non-hydrogen) atoms. The van der Waals surface area contributed by atoms with Crippen molar-refractivity contribution in [2.75, 3.05) is 49.6 Å². The summed E-state index contributed by atoms with van der Waals surface area (Å²) >= 11 is 0. The molecule has 1 heterocycles. The van der Waals surface area contributed by atoms with Gasteiger partial charge in [-0.1, -0.05) is 0 Å². The number of ether oxygens (including phenoxy) is 1. The second-order valence-corrected chi connectivity index (χ2v) is 4.78. The molecule has 0 radical (unpaired) electrons. The van der Waals surface area contributed by atoms with Crippen molar-refractivity contribution in [3.8, 4) is 0 Å². The zero-order chi connectivity index (χ0) is 14.2. The Hall–Kier alpha value is -1.75. The molecule has 1 saturated heterocycles. The van der Waals surface area contributed by atoms with E-state index < -0.39 is 0 Å². The van der Waals surface area contributed by atoms with Crippen molar-refractivity contribution in [1.29, 1.82) is 0 Å². The van der Waals surface area contributed by atoms with Crippen molar-refractivity contribution in [3.63, 3.8) is 0 Å². The Bertz CT molecular complexity index is 414. The summed E-state index contributed by atoms with van der Waals surface area (Å²) in [6.45, 7) is 6.76. The molecule has 2 N–H and O–H groups in total. The average Bonchev–Trinajstić information content (AvgIpc) is 2.49. The van der Waals surface area contributed by atoms with Crippen LogP contribution in [0.15, 0.2) is 24.3 Å². The minimum Gasteiger partial charge on any atom is -0.385 e. The standard InChI is InChI=1S/C15H23N3O2/c1-2-16-15(19)7-8-17-13-3-5-14(6-4-13)18-9-11-20-12-10-18/h3-6,17H,2,7-12H2,1H3,(H,16,19). The minimum atomic E-state index is 0.0879. The number of hydrogen-bond acceptors (Lipinski definition) is 4. The molecule has 0 aliphatic carbocycles. The Labute approximate surface area is 120 Å². The van der Waals surface area contributed by atoms with Crippen LogP contribution in [0.3, 0.4) is 0 Å². The van der Waals surface area contributed by atoms with Gasteiger partial charge in [-0.25, -0.2) is 0 Å². The molecule has 5 heteroatoms. The van der Waals surface area contributed by atoms with Gasteiger partial charge in [-0.3, -0.25) is 4.79 Å². The Morgan fingerprint density at radius 3 is 2.60 bits per heavy atom. The van der Waals surface area contributed by atoms with Crippen molar-refractivity contribution in [1.82, 2.24) is 5.32 Å². The van der Waals surface area contributed by atoms with Gasteiger partial charge in [0.2, 0.25) is 5.91 Å². The monoisotopic (exact) mass is 277 g/mol. The summed E-state index contributed by atoms with van der Waals surface area (Å²) < 4.78 is 5.35. The van der Waals surface area contributed by atoms with Gasteiger partial charge in [-0.15, -0.1) is 0 Å². The zero-order valence-corrected chi connectivity index (χ0v) is 12.0. The summed E-state index contributed by atoms with van der Waals surface area (Å²) in [5.74, 6) is 0.0879. The molecule has 0 atom stereocenters. The van der Waals surface area contributed by atoms with Crippen molar-refractivity contribution in [3.05, 3.63) is 24.3 Å². The first kappa shape index (κ1) is 14.7. The van der Waals surface area contributed by atoms with Crippen molar-refractivity contribution in [2.45, 2.75) is 13.3 Å². The number of nitrogens with zero attached hydrogens (tertiary/aromatic N) is 1. The molecule has 0 unspecified atom stereocenters. The predicted molar refractivity (Wildman–Crippen MR) is 81.3 cm³/mol. The van der Waals surface area contributed by atoms with Gasteiger partial charge < -0.3 is 20.3 Å². The molecule has 0 spiro atoms. The van der Waals surface area contributed by atoms with Gasteiger partial charge >= 0.3 is 0 Å². The van der Waals surface area contributed by atoms with Gasteiger partial charge in [-0.2, -0.15) is 0 Å². The van der Waals surface area contributed by atoms with Gasteiger partial charge in [-0.05, 0) is 31.2 Å². The maximum Gasteiger partial charge on any atom is 0.221 e. The molecule has 1 fully saturated rings. The Balaban J connectivity index is 1.77. The van der Waals surface area contributed by atoms with Crippen LogP contribution in [0.25, 0.3) is 0 Å². The topological polar surface area (TPSA) is 53.6 Å². The largest absolute Gasteiger partial charge is 0.385 e. The van der Waals surface area contributed by atoms with E-state index >= 15 is 0 Å². The van der Waals surface area contributed by atoms with Crippen LogP contribution in [0.2, 0.25) is 0 Å². The molecule has 1 aromatic rings. The lowest BCUT2D eigenvalue weighted by atomic mass is 10.2. The van der Waals surface area contributed by atoms with Crippen molar-refractivity contribution in [2.24, 2.45) is 0 Å². The summed E-state index contributed by atoms with van der Waals surface area (Å²) in [5, 5.41) is 6.05. The van der Waals surface area contributed by atoms with Crippen molar-refractivity contribution < 1.29 is 9.53 Å². The van der Waals surface area contributed by atoms with Crippen LogP contribution in [0.1, 0.15) is 13.3 Å². The number of hydrogen-bond donors (Lipinski definition) is 2. The highest BCUT2D eigenvalue weighted by Gasteiger charge is 2.10. The highest BCUT2D eigenvalue weighted by Crippen LogP contribution is 2.18. The molecule has 1 aromatic carbocycles. The third kappa shape index (κ3) is 4.42. The first-order valence-corrected chi connectivity index (χ1v) is 7.23. The quantitative estimate of drug-likeness (QED) is 0.826. The highest BCUT2D eigenvalue weighted by atomic mass is 16.5. The molecular formula is C15H23N3O2. The normalized spacial score (nSPS) is 14.9. The second kappa shape index (κ2) is 7.75. The van der Waals surface area contributed by atoms with E-state index in [0.717, 1.165) is 32.0 Å². The summed E-state index contributed by atoms with van der Waals surface area (Å²) in [4.78, 5) is 13.6. The van der Waals surface area contributed by atoms with Crippen LogP contribution in [-0.4, -0.2) is 45.3 Å². The number of benzene rings is 1. The lowest BCUT2D eigenvalue weighted by molar-refractivity contribution is -0.120. The molecular weight excluding hydrogens is 254 g/mol. The van der Waals surface area contributed by atoms with E-state index in [4.69, 9.17) is 4.74 Å². The fraction of sp³-hybridized carbons (Fsp3) is 0.533. The van der Waals surface area contributed by atoms with Gasteiger partial charge in [0.05, 0.1) is 13.2 Å². The summed E-state index contributed by atoms with van der Waals surface area (Å²) in [7, 11) is 0. The van der Waals surface area contributed by atoms with Gasteiger partial charge in [0.15, 0.2) is 0 Å². The molecule has 110 valence electrons. The molecule has 1 aliphatic rings. The minimum absolute atomic E-state index is 0.0879. The van der Waals surface area contributed by atoms with Gasteiger partial charge in [0, 0.05) is 44.0 Å². The summed E-state index contributed by atoms with van der Waals surface area (Å²) in [5.41, 5.74) is 2.27. The average molecular weight is 277 g/mol. The van der Waals surface area contributed by atoms with Crippen LogP contribution in [0.5, 0.6) is 0 Å². The molecule has 0 aromatic heterocycles. The van der Waals surface area contributed by atoms with E-state index in [9.17, 15) is 4.79 Å². The lowest BCUT2D eigenvalue weighted by Crippen LogP contribution is -2.36.